The highest BCUT2D eigenvalue weighted by Crippen LogP contribution is 2.28. The van der Waals surface area contributed by atoms with E-state index in [1.165, 1.54) is 31.4 Å². The zero-order valence-electron chi connectivity index (χ0n) is 10.3. The second-order valence-electron chi connectivity index (χ2n) is 5.18. The molecular formula is C13H22N2S. The van der Waals surface area contributed by atoms with Gasteiger partial charge in [0.25, 0.3) is 0 Å². The quantitative estimate of drug-likeness (QED) is 0.866. The summed E-state index contributed by atoms with van der Waals surface area (Å²) in [6.07, 6.45) is 5.65. The molecule has 16 heavy (non-hydrogen) atoms. The van der Waals surface area contributed by atoms with E-state index < -0.39 is 0 Å². The Labute approximate surface area is 102 Å². The van der Waals surface area contributed by atoms with Crippen molar-refractivity contribution in [1.82, 2.24) is 10.3 Å². The van der Waals surface area contributed by atoms with Gasteiger partial charge in [-0.3, -0.25) is 0 Å². The van der Waals surface area contributed by atoms with Crippen molar-refractivity contribution in [2.45, 2.75) is 45.6 Å². The molecule has 1 aliphatic carbocycles. The molecule has 0 spiro atoms. The van der Waals surface area contributed by atoms with Gasteiger partial charge in [-0.25, -0.2) is 4.98 Å². The Balaban J connectivity index is 1.74. The Morgan fingerprint density at radius 1 is 1.56 bits per heavy atom. The number of nitrogens with one attached hydrogen (secondary N) is 1. The predicted octanol–water partition coefficient (Wildman–Crippen LogP) is 3.62. The van der Waals surface area contributed by atoms with Crippen LogP contribution in [0.3, 0.4) is 0 Å². The molecule has 3 heteroatoms. The number of nitrogens with zero attached hydrogens (tertiary/aromatic N) is 1. The van der Waals surface area contributed by atoms with E-state index >= 15 is 0 Å². The standard InChI is InChI=1S/C13H22N2S/c1-10-4-3-5-12(6-10)7-14-11(2)13-8-16-9-15-13/h8-12,14H,3-7H2,1-2H3. The fraction of sp³-hybridized carbons (Fsp3) is 0.769. The van der Waals surface area contributed by atoms with E-state index in [9.17, 15) is 0 Å². The first-order valence-corrected chi connectivity index (χ1v) is 7.31. The van der Waals surface area contributed by atoms with Crippen LogP contribution in [0.5, 0.6) is 0 Å². The molecule has 0 aromatic carbocycles. The van der Waals surface area contributed by atoms with Gasteiger partial charge in [0.05, 0.1) is 11.2 Å². The average molecular weight is 238 g/mol. The minimum atomic E-state index is 0.406. The molecule has 1 saturated carbocycles. The maximum atomic E-state index is 4.35. The van der Waals surface area contributed by atoms with Crippen molar-refractivity contribution in [3.8, 4) is 0 Å². The van der Waals surface area contributed by atoms with Crippen LogP contribution in [-0.4, -0.2) is 11.5 Å². The number of hydrogen-bond donors (Lipinski definition) is 1. The van der Waals surface area contributed by atoms with Gasteiger partial charge < -0.3 is 5.32 Å². The molecule has 1 N–H and O–H groups in total. The van der Waals surface area contributed by atoms with Crippen molar-refractivity contribution in [2.75, 3.05) is 6.54 Å². The zero-order chi connectivity index (χ0) is 11.4. The maximum absolute atomic E-state index is 4.35. The number of rotatable bonds is 4. The highest BCUT2D eigenvalue weighted by molar-refractivity contribution is 7.07. The molecule has 0 amide bonds. The number of aromatic nitrogens is 1. The normalized spacial score (nSPS) is 27.9. The van der Waals surface area contributed by atoms with Crippen LogP contribution in [0.25, 0.3) is 0 Å². The van der Waals surface area contributed by atoms with Gasteiger partial charge >= 0.3 is 0 Å². The van der Waals surface area contributed by atoms with Crippen molar-refractivity contribution >= 4 is 11.3 Å². The summed E-state index contributed by atoms with van der Waals surface area (Å²) in [5, 5.41) is 5.76. The van der Waals surface area contributed by atoms with Crippen LogP contribution in [-0.2, 0) is 0 Å². The Bertz CT molecular complexity index is 297. The third-order valence-corrected chi connectivity index (χ3v) is 4.26. The third-order valence-electron chi connectivity index (χ3n) is 3.65. The van der Waals surface area contributed by atoms with Crippen molar-refractivity contribution in [3.63, 3.8) is 0 Å². The fourth-order valence-corrected chi connectivity index (χ4v) is 3.28. The molecule has 0 aliphatic heterocycles. The lowest BCUT2D eigenvalue weighted by atomic mass is 9.82. The molecule has 3 unspecified atom stereocenters. The predicted molar refractivity (Wildman–Crippen MR) is 69.7 cm³/mol. The van der Waals surface area contributed by atoms with Gasteiger partial charge in [0.2, 0.25) is 0 Å². The first-order valence-electron chi connectivity index (χ1n) is 6.37. The largest absolute Gasteiger partial charge is 0.309 e. The fourth-order valence-electron chi connectivity index (χ4n) is 2.63. The van der Waals surface area contributed by atoms with E-state index in [-0.39, 0.29) is 0 Å². The summed E-state index contributed by atoms with van der Waals surface area (Å²) < 4.78 is 0. The van der Waals surface area contributed by atoms with E-state index in [4.69, 9.17) is 0 Å². The third kappa shape index (κ3) is 3.29. The Kier molecular flexibility index (Phi) is 4.36. The lowest BCUT2D eigenvalue weighted by molar-refractivity contribution is 0.268. The molecule has 1 fully saturated rings. The zero-order valence-corrected chi connectivity index (χ0v) is 11.1. The molecule has 1 aromatic heterocycles. The van der Waals surface area contributed by atoms with Crippen molar-refractivity contribution in [2.24, 2.45) is 11.8 Å². The second kappa shape index (κ2) is 5.78. The van der Waals surface area contributed by atoms with Gasteiger partial charge in [0.1, 0.15) is 0 Å². The summed E-state index contributed by atoms with van der Waals surface area (Å²) in [6, 6.07) is 0.406. The van der Waals surface area contributed by atoms with E-state index in [2.05, 4.69) is 29.5 Å². The van der Waals surface area contributed by atoms with E-state index in [1.807, 2.05) is 5.51 Å². The van der Waals surface area contributed by atoms with Crippen molar-refractivity contribution < 1.29 is 0 Å². The minimum Gasteiger partial charge on any atom is -0.309 e. The van der Waals surface area contributed by atoms with Gasteiger partial charge in [-0.2, -0.15) is 0 Å². The molecule has 0 saturated heterocycles. The monoisotopic (exact) mass is 238 g/mol. The summed E-state index contributed by atoms with van der Waals surface area (Å²) in [4.78, 5) is 4.35. The van der Waals surface area contributed by atoms with Crippen LogP contribution < -0.4 is 5.32 Å². The molecule has 1 heterocycles. The van der Waals surface area contributed by atoms with E-state index in [0.29, 0.717) is 6.04 Å². The molecule has 2 nitrogen and oxygen atoms in total. The van der Waals surface area contributed by atoms with Crippen LogP contribution >= 0.6 is 11.3 Å². The molecule has 3 atom stereocenters. The van der Waals surface area contributed by atoms with Crippen LogP contribution in [0.15, 0.2) is 10.9 Å². The lowest BCUT2D eigenvalue weighted by Crippen LogP contribution is -2.28. The molecule has 2 rings (SSSR count). The molecule has 0 radical (unpaired) electrons. The maximum Gasteiger partial charge on any atom is 0.0795 e. The molecule has 90 valence electrons. The first-order chi connectivity index (χ1) is 7.75. The first kappa shape index (κ1) is 12.1. The van der Waals surface area contributed by atoms with Gasteiger partial charge in [-0.15, -0.1) is 11.3 Å². The Morgan fingerprint density at radius 2 is 2.44 bits per heavy atom. The van der Waals surface area contributed by atoms with Gasteiger partial charge in [-0.05, 0) is 38.1 Å². The SMILES string of the molecule is CC1CCCC(CNC(C)c2cscn2)C1. The van der Waals surface area contributed by atoms with Crippen LogP contribution in [0, 0.1) is 11.8 Å². The van der Waals surface area contributed by atoms with Crippen LogP contribution in [0.2, 0.25) is 0 Å². The molecule has 0 bridgehead atoms. The summed E-state index contributed by atoms with van der Waals surface area (Å²) >= 11 is 1.68. The number of hydrogen-bond acceptors (Lipinski definition) is 3. The lowest BCUT2D eigenvalue weighted by Gasteiger charge is -2.27. The van der Waals surface area contributed by atoms with Gasteiger partial charge in [0, 0.05) is 11.4 Å². The summed E-state index contributed by atoms with van der Waals surface area (Å²) in [5.74, 6) is 1.81. The minimum absolute atomic E-state index is 0.406. The Hall–Kier alpha value is -0.410. The smallest absolute Gasteiger partial charge is 0.0795 e. The van der Waals surface area contributed by atoms with Gasteiger partial charge in [0.15, 0.2) is 0 Å². The summed E-state index contributed by atoms with van der Waals surface area (Å²) in [5.41, 5.74) is 3.10. The highest BCUT2D eigenvalue weighted by Gasteiger charge is 2.19. The number of thiazole rings is 1. The van der Waals surface area contributed by atoms with Crippen LogP contribution in [0.1, 0.15) is 51.3 Å². The highest BCUT2D eigenvalue weighted by atomic mass is 32.1. The van der Waals surface area contributed by atoms with E-state index in [0.717, 1.165) is 18.4 Å². The summed E-state index contributed by atoms with van der Waals surface area (Å²) in [6.45, 7) is 5.75. The Morgan fingerprint density at radius 3 is 3.12 bits per heavy atom. The van der Waals surface area contributed by atoms with Crippen molar-refractivity contribution in [3.05, 3.63) is 16.6 Å². The topological polar surface area (TPSA) is 24.9 Å². The molecular weight excluding hydrogens is 216 g/mol. The van der Waals surface area contributed by atoms with Crippen LogP contribution in [0.4, 0.5) is 0 Å². The average Bonchev–Trinajstić information content (AvgIpc) is 2.79. The summed E-state index contributed by atoms with van der Waals surface area (Å²) in [7, 11) is 0. The van der Waals surface area contributed by atoms with E-state index in [1.54, 1.807) is 11.3 Å². The van der Waals surface area contributed by atoms with Crippen molar-refractivity contribution in [1.29, 1.82) is 0 Å². The van der Waals surface area contributed by atoms with Gasteiger partial charge in [-0.1, -0.05) is 19.8 Å². The molecule has 1 aromatic rings. The molecule has 1 aliphatic rings. The second-order valence-corrected chi connectivity index (χ2v) is 5.90.